The van der Waals surface area contributed by atoms with E-state index < -0.39 is 45.6 Å². The van der Waals surface area contributed by atoms with Gasteiger partial charge in [-0.2, -0.15) is 0 Å². The monoisotopic (exact) mass is 702 g/mol. The van der Waals surface area contributed by atoms with Gasteiger partial charge in [0.1, 0.15) is 6.10 Å². The first-order valence-corrected chi connectivity index (χ1v) is 17.7. The van der Waals surface area contributed by atoms with Gasteiger partial charge in [-0.05, 0) is 65.5 Å². The molecule has 2 aliphatic rings. The number of allylic oxidation sites excluding steroid dienone is 18. The third kappa shape index (κ3) is 13.9. The van der Waals surface area contributed by atoms with Crippen molar-refractivity contribution in [3.8, 4) is 0 Å². The first kappa shape index (κ1) is 44.9. The number of hydrogen-bond acceptors (Lipinski definition) is 7. The summed E-state index contributed by atoms with van der Waals surface area (Å²) in [6.07, 6.45) is 25.0. The standard InChI is InChI=1S/C40H56O7S.Na/c1-27(17-13-19-29(3)21-23-33-31(5)25-35(41)37(42)39(33,7)8)15-11-12-16-28(2)18-14-20-30(4)22-24-34-32(6)26-36(47-48(44,45)46)38(43)40(34,9)10;/h11-24,35-38,41-43H,25-26H2,1-10H3,(H,44,45,46);/q;+1/p-1/b12-11+,17-13+,18-14+,23-21+,24-22+,27-15+,28-16+,29-19+,30-20+;/t35-,36-,37+,38+;/m1./s1. The van der Waals surface area contributed by atoms with Crippen LogP contribution in [0.4, 0.5) is 0 Å². The molecule has 2 rings (SSSR count). The van der Waals surface area contributed by atoms with Crippen molar-refractivity contribution < 1.29 is 62.0 Å². The van der Waals surface area contributed by atoms with Crippen LogP contribution in [0.2, 0.25) is 0 Å². The Balaban J connectivity index is 0.0000120. The predicted molar refractivity (Wildman–Crippen MR) is 196 cm³/mol. The average molecular weight is 703 g/mol. The van der Waals surface area contributed by atoms with Gasteiger partial charge in [0.25, 0.3) is 0 Å². The Morgan fingerprint density at radius 2 is 1.04 bits per heavy atom. The maximum atomic E-state index is 11.1. The fourth-order valence-corrected chi connectivity index (χ4v) is 6.62. The van der Waals surface area contributed by atoms with E-state index in [-0.39, 0.29) is 36.0 Å². The molecule has 7 nitrogen and oxygen atoms in total. The molecule has 0 aromatic rings. The Morgan fingerprint density at radius 3 is 1.47 bits per heavy atom. The van der Waals surface area contributed by atoms with Crippen molar-refractivity contribution in [3.63, 3.8) is 0 Å². The Morgan fingerprint density at radius 1 is 0.673 bits per heavy atom. The Hall–Kier alpha value is -2.11. The minimum Gasteiger partial charge on any atom is -0.726 e. The average Bonchev–Trinajstić information content (AvgIpc) is 2.96. The van der Waals surface area contributed by atoms with E-state index in [0.29, 0.717) is 6.42 Å². The summed E-state index contributed by atoms with van der Waals surface area (Å²) in [5.41, 5.74) is 6.87. The van der Waals surface area contributed by atoms with Gasteiger partial charge in [-0.25, -0.2) is 8.42 Å². The molecule has 0 bridgehead atoms. The van der Waals surface area contributed by atoms with Gasteiger partial charge in [0.2, 0.25) is 10.4 Å². The van der Waals surface area contributed by atoms with Gasteiger partial charge < -0.3 is 19.9 Å². The Kier molecular flexibility index (Phi) is 17.9. The fourth-order valence-electron chi connectivity index (χ4n) is 6.14. The molecule has 0 aliphatic heterocycles. The molecule has 0 spiro atoms. The second kappa shape index (κ2) is 19.5. The molecule has 9 heteroatoms. The molecule has 0 unspecified atom stereocenters. The molecule has 4 atom stereocenters. The second-order valence-electron chi connectivity index (χ2n) is 14.2. The van der Waals surface area contributed by atoms with E-state index in [0.717, 1.165) is 44.6 Å². The van der Waals surface area contributed by atoms with E-state index in [1.165, 1.54) is 0 Å². The number of aliphatic hydroxyl groups is 3. The molecule has 3 N–H and O–H groups in total. The minimum atomic E-state index is -4.92. The zero-order chi connectivity index (χ0) is 36.4. The van der Waals surface area contributed by atoms with E-state index >= 15 is 0 Å². The fraction of sp³-hybridized carbons (Fsp3) is 0.450. The summed E-state index contributed by atoms with van der Waals surface area (Å²) < 4.78 is 37.9. The molecule has 2 aliphatic carbocycles. The largest absolute Gasteiger partial charge is 1.00 e. The van der Waals surface area contributed by atoms with Crippen molar-refractivity contribution in [3.05, 3.63) is 130 Å². The van der Waals surface area contributed by atoms with Crippen LogP contribution in [0.25, 0.3) is 0 Å². The molecular weight excluding hydrogens is 647 g/mol. The van der Waals surface area contributed by atoms with E-state index in [9.17, 15) is 28.3 Å². The maximum absolute atomic E-state index is 11.1. The van der Waals surface area contributed by atoms with Crippen LogP contribution in [0.3, 0.4) is 0 Å². The van der Waals surface area contributed by atoms with Crippen molar-refractivity contribution in [1.82, 2.24) is 0 Å². The van der Waals surface area contributed by atoms with Crippen molar-refractivity contribution in [2.24, 2.45) is 10.8 Å². The molecule has 264 valence electrons. The predicted octanol–water partition coefficient (Wildman–Crippen LogP) is 4.98. The van der Waals surface area contributed by atoms with Crippen LogP contribution in [0.15, 0.2) is 130 Å². The minimum absolute atomic E-state index is 0. The molecule has 0 saturated heterocycles. The molecule has 0 aromatic heterocycles. The molecule has 0 saturated carbocycles. The SMILES string of the molecule is CC1=C(/C=C/C(C)=C/C=C/C(C)=C/C=C/C=C(C)/C=C/C=C(C)/C=C/C2=C(C)C[C@@H](OS(=O)(=O)[O-])[C@H](O)C2(C)C)C(C)(C)[C@@H](O)[C@H](O)C1.[Na+]. The van der Waals surface area contributed by atoms with Crippen molar-refractivity contribution in [1.29, 1.82) is 0 Å². The van der Waals surface area contributed by atoms with Crippen LogP contribution in [-0.4, -0.2) is 52.7 Å². The maximum Gasteiger partial charge on any atom is 1.00 e. The van der Waals surface area contributed by atoms with Gasteiger partial charge in [-0.15, -0.1) is 0 Å². The Bertz CT molecular complexity index is 1620. The smallest absolute Gasteiger partial charge is 0.726 e. The van der Waals surface area contributed by atoms with E-state index in [1.54, 1.807) is 13.8 Å². The summed E-state index contributed by atoms with van der Waals surface area (Å²) in [5.74, 6) is 0. The van der Waals surface area contributed by atoms with Crippen LogP contribution >= 0.6 is 0 Å². The normalized spacial score (nSPS) is 26.3. The molecule has 49 heavy (non-hydrogen) atoms. The van der Waals surface area contributed by atoms with Gasteiger partial charge in [-0.3, -0.25) is 4.18 Å². The summed E-state index contributed by atoms with van der Waals surface area (Å²) in [6, 6.07) is 0. The van der Waals surface area contributed by atoms with Gasteiger partial charge in [0.15, 0.2) is 0 Å². The zero-order valence-electron chi connectivity index (χ0n) is 31.2. The topological polar surface area (TPSA) is 127 Å². The van der Waals surface area contributed by atoms with Crippen LogP contribution in [0.5, 0.6) is 0 Å². The van der Waals surface area contributed by atoms with E-state index in [4.69, 9.17) is 0 Å². The molecule has 0 aromatic carbocycles. The summed E-state index contributed by atoms with van der Waals surface area (Å²) in [6.45, 7) is 19.5. The summed E-state index contributed by atoms with van der Waals surface area (Å²) in [7, 11) is -4.92. The molecular formula is C40H55NaO7S. The van der Waals surface area contributed by atoms with Gasteiger partial charge in [0.05, 0.1) is 18.3 Å². The first-order chi connectivity index (χ1) is 22.2. The number of rotatable bonds is 12. The number of hydrogen-bond donors (Lipinski definition) is 3. The van der Waals surface area contributed by atoms with Gasteiger partial charge >= 0.3 is 29.6 Å². The number of aliphatic hydroxyl groups excluding tert-OH is 3. The first-order valence-electron chi connectivity index (χ1n) is 16.3. The van der Waals surface area contributed by atoms with Crippen LogP contribution in [0, 0.1) is 10.8 Å². The van der Waals surface area contributed by atoms with Crippen LogP contribution in [-0.2, 0) is 14.6 Å². The van der Waals surface area contributed by atoms with E-state index in [1.807, 2.05) is 134 Å². The van der Waals surface area contributed by atoms with Gasteiger partial charge in [0, 0.05) is 10.8 Å². The van der Waals surface area contributed by atoms with Crippen molar-refractivity contribution >= 4 is 10.4 Å². The molecule has 0 radical (unpaired) electrons. The van der Waals surface area contributed by atoms with Crippen LogP contribution < -0.4 is 29.6 Å². The van der Waals surface area contributed by atoms with Crippen molar-refractivity contribution in [2.75, 3.05) is 0 Å². The third-order valence-electron chi connectivity index (χ3n) is 9.06. The second-order valence-corrected chi connectivity index (χ2v) is 15.2. The quantitative estimate of drug-likeness (QED) is 0.113. The summed E-state index contributed by atoms with van der Waals surface area (Å²) >= 11 is 0. The Labute approximate surface area is 317 Å². The molecule has 0 fully saturated rings. The zero-order valence-corrected chi connectivity index (χ0v) is 34.0. The van der Waals surface area contributed by atoms with Crippen LogP contribution in [0.1, 0.15) is 82.1 Å². The summed E-state index contributed by atoms with van der Waals surface area (Å²) in [4.78, 5) is 0. The third-order valence-corrected chi connectivity index (χ3v) is 9.54. The summed E-state index contributed by atoms with van der Waals surface area (Å²) in [5, 5.41) is 31.3. The van der Waals surface area contributed by atoms with Gasteiger partial charge in [-0.1, -0.05) is 146 Å². The molecule has 0 heterocycles. The van der Waals surface area contributed by atoms with Crippen molar-refractivity contribution in [2.45, 2.75) is 106 Å². The molecule has 0 amide bonds. The van der Waals surface area contributed by atoms with E-state index in [2.05, 4.69) is 10.3 Å².